The number of hydrogen-bond donors (Lipinski definition) is 6. The van der Waals surface area contributed by atoms with Crippen LogP contribution >= 0.6 is 0 Å². The van der Waals surface area contributed by atoms with E-state index in [1.54, 1.807) is 73.8 Å². The molecule has 0 unspecified atom stereocenters. The number of aromatic nitrogens is 10. The third-order valence-electron chi connectivity index (χ3n) is 12.7. The third-order valence-corrected chi connectivity index (χ3v) is 12.7. The summed E-state index contributed by atoms with van der Waals surface area (Å²) in [5.74, 6) is -1.54. The number of halogens is 3. The lowest BCUT2D eigenvalue weighted by atomic mass is 9.99. The molecule has 0 aliphatic rings. The molecule has 10 aromatic rings. The lowest BCUT2D eigenvalue weighted by molar-refractivity contribution is -0.138. The Morgan fingerprint density at radius 1 is 0.616 bits per heavy atom. The Hall–Kier alpha value is -11.0. The average molecular weight is 1170 g/mol. The van der Waals surface area contributed by atoms with Gasteiger partial charge >= 0.3 is 18.1 Å². The molecule has 0 fully saturated rings. The van der Waals surface area contributed by atoms with Crippen LogP contribution in [0.2, 0.25) is 0 Å². The minimum absolute atomic E-state index is 0.0150. The highest BCUT2D eigenvalue weighted by Gasteiger charge is 2.32. The zero-order valence-corrected chi connectivity index (χ0v) is 46.4. The van der Waals surface area contributed by atoms with Crippen LogP contribution < -0.4 is 21.7 Å². The van der Waals surface area contributed by atoms with Crippen LogP contribution in [0, 0.1) is 20.8 Å². The maximum Gasteiger partial charge on any atom is 0.416 e. The van der Waals surface area contributed by atoms with E-state index in [0.717, 1.165) is 68.3 Å². The number of pyridine rings is 2. The standard InChI is InChI=1S/C31H29N7O3.C29H21F3N6O2.C2H5NO2/c1-20-10-22(12-26(11-20)38-18-25(35-19-38)16-33-17-30(40)41)13-29(39)23-6-5-21(2)28(14-23)37-31-34-9-7-27(36-31)24-4-3-8-32-15-24;1-18-4-5-20(12-26(18)37-28-34-8-6-25(36-28)21-3-2-7-33-14-21)27(40)11-19-9-22(29(30,31)32)13-24(10-19)38-15-23(16-39)35-17-38;3-1-2(4)5/h3-12,14-15,18-19,33H,13,16-17H2,1-2H3,(H,40,41)(H,34,36,37);2-10,12-17H,11H2,1H3,(H,34,36,37);1,3H2,(H,4,5). The second-order valence-electron chi connectivity index (χ2n) is 19.3. The van der Waals surface area contributed by atoms with E-state index in [4.69, 9.17) is 10.2 Å². The normalized spacial score (nSPS) is 10.9. The summed E-state index contributed by atoms with van der Waals surface area (Å²) in [5.41, 5.74) is 14.6. The highest BCUT2D eigenvalue weighted by Crippen LogP contribution is 2.33. The van der Waals surface area contributed by atoms with E-state index in [1.807, 2.05) is 92.2 Å². The van der Waals surface area contributed by atoms with Crippen LogP contribution in [0.3, 0.4) is 0 Å². The van der Waals surface area contributed by atoms with E-state index in [-0.39, 0.29) is 54.4 Å². The van der Waals surface area contributed by atoms with Gasteiger partial charge in [0.1, 0.15) is 12.0 Å². The summed E-state index contributed by atoms with van der Waals surface area (Å²) in [6, 6.07) is 30.9. The Morgan fingerprint density at radius 3 is 1.63 bits per heavy atom. The van der Waals surface area contributed by atoms with Gasteiger partial charge < -0.3 is 41.0 Å². The van der Waals surface area contributed by atoms with Gasteiger partial charge in [0, 0.05) is 114 Å². The number of benzene rings is 4. The largest absolute Gasteiger partial charge is 0.480 e. The quantitative estimate of drug-likeness (QED) is 0.0305. The van der Waals surface area contributed by atoms with E-state index < -0.39 is 23.7 Å². The number of hydrogen-bond acceptors (Lipinski definition) is 17. The van der Waals surface area contributed by atoms with Gasteiger partial charge in [-0.05, 0) is 127 Å². The predicted octanol–water partition coefficient (Wildman–Crippen LogP) is 9.75. The molecule has 0 atom stereocenters. The number of nitrogens with one attached hydrogen (secondary N) is 3. The van der Waals surface area contributed by atoms with E-state index >= 15 is 0 Å². The molecular weight excluding hydrogens is 1110 g/mol. The fourth-order valence-corrected chi connectivity index (χ4v) is 8.48. The van der Waals surface area contributed by atoms with Crippen LogP contribution in [0.25, 0.3) is 33.9 Å². The summed E-state index contributed by atoms with van der Waals surface area (Å²) in [6.07, 6.45) is 12.0. The van der Waals surface area contributed by atoms with Crippen LogP contribution in [0.1, 0.15) is 70.3 Å². The number of Topliss-reactive ketones (excluding diaryl/α,β-unsaturated/α-hetero) is 2. The van der Waals surface area contributed by atoms with Crippen LogP contribution in [0.15, 0.2) is 171 Å². The minimum atomic E-state index is -4.63. The van der Waals surface area contributed by atoms with Crippen molar-refractivity contribution in [3.8, 4) is 33.9 Å². The lowest BCUT2D eigenvalue weighted by Gasteiger charge is -2.13. The number of nitrogens with two attached hydrogens (primary N) is 1. The Morgan fingerprint density at radius 2 is 1.14 bits per heavy atom. The molecule has 6 aromatic heterocycles. The van der Waals surface area contributed by atoms with Gasteiger partial charge in [-0.25, -0.2) is 29.9 Å². The number of aldehydes is 1. The smallest absolute Gasteiger partial charge is 0.416 e. The molecule has 0 saturated carbocycles. The van der Waals surface area contributed by atoms with Crippen molar-refractivity contribution in [2.24, 2.45) is 5.73 Å². The van der Waals surface area contributed by atoms with E-state index in [1.165, 1.54) is 23.2 Å². The first-order valence-electron chi connectivity index (χ1n) is 26.3. The number of aryl methyl sites for hydroxylation is 3. The van der Waals surface area contributed by atoms with Crippen LogP contribution in [-0.2, 0) is 35.2 Å². The van der Waals surface area contributed by atoms with Crippen molar-refractivity contribution in [1.29, 1.82) is 0 Å². The number of carbonyl (C=O) groups is 5. The number of ketones is 2. The molecule has 4 aromatic carbocycles. The number of imidazole rings is 2. The number of aliphatic carboxylic acids is 2. The molecule has 0 radical (unpaired) electrons. The molecular formula is C62H55F3N14O7. The van der Waals surface area contributed by atoms with Gasteiger partial charge in [0.15, 0.2) is 17.9 Å². The first kappa shape index (κ1) is 61.1. The summed E-state index contributed by atoms with van der Waals surface area (Å²) >= 11 is 0. The molecule has 436 valence electrons. The summed E-state index contributed by atoms with van der Waals surface area (Å²) in [6.45, 7) is 5.73. The molecule has 7 N–H and O–H groups in total. The molecule has 10 rings (SSSR count). The molecule has 86 heavy (non-hydrogen) atoms. The fraction of sp³-hybridized carbons (Fsp3) is 0.145. The second-order valence-corrected chi connectivity index (χ2v) is 19.3. The number of rotatable bonds is 20. The first-order chi connectivity index (χ1) is 41.3. The summed E-state index contributed by atoms with van der Waals surface area (Å²) in [4.78, 5) is 91.7. The SMILES string of the molecule is Cc1cc(CC(=O)c2ccc(C)c(Nc3nccc(-c4cccnc4)n3)c2)cc(-n2cnc(CNCC(=O)O)c2)c1.Cc1ccc(C(=O)Cc2cc(-n3cnc(C=O)c3)cc(C(F)(F)F)c2)cc1Nc1nccc(-c2cccnc2)n1.NCC(=O)O. The molecule has 0 amide bonds. The van der Waals surface area contributed by atoms with Crippen molar-refractivity contribution >= 4 is 53.1 Å². The van der Waals surface area contributed by atoms with Gasteiger partial charge in [-0.2, -0.15) is 13.2 Å². The summed E-state index contributed by atoms with van der Waals surface area (Å²) in [7, 11) is 0. The van der Waals surface area contributed by atoms with Crippen molar-refractivity contribution in [3.63, 3.8) is 0 Å². The van der Waals surface area contributed by atoms with Crippen molar-refractivity contribution in [2.75, 3.05) is 23.7 Å². The zero-order valence-electron chi connectivity index (χ0n) is 46.4. The molecule has 0 aliphatic carbocycles. The first-order valence-corrected chi connectivity index (χ1v) is 26.3. The summed E-state index contributed by atoms with van der Waals surface area (Å²) < 4.78 is 44.1. The van der Waals surface area contributed by atoms with Crippen LogP contribution in [0.5, 0.6) is 0 Å². The highest BCUT2D eigenvalue weighted by atomic mass is 19.4. The highest BCUT2D eigenvalue weighted by molar-refractivity contribution is 5.99. The lowest BCUT2D eigenvalue weighted by Crippen LogP contribution is -2.21. The summed E-state index contributed by atoms with van der Waals surface area (Å²) in [5, 5.41) is 25.6. The molecule has 21 nitrogen and oxygen atoms in total. The molecule has 24 heteroatoms. The fourth-order valence-electron chi connectivity index (χ4n) is 8.48. The Kier molecular flexibility index (Phi) is 20.1. The van der Waals surface area contributed by atoms with E-state index in [0.29, 0.717) is 47.2 Å². The van der Waals surface area contributed by atoms with Gasteiger partial charge in [0.2, 0.25) is 11.9 Å². The predicted molar refractivity (Wildman–Crippen MR) is 314 cm³/mol. The van der Waals surface area contributed by atoms with Gasteiger partial charge in [-0.3, -0.25) is 33.9 Å². The van der Waals surface area contributed by atoms with Crippen LogP contribution in [0.4, 0.5) is 36.4 Å². The topological polar surface area (TPSA) is 301 Å². The number of carboxylic acid groups (broad SMARTS) is 2. The number of carbonyl (C=O) groups excluding carboxylic acids is 3. The van der Waals surface area contributed by atoms with Crippen LogP contribution in [-0.4, -0.2) is 102 Å². The molecule has 0 aliphatic heterocycles. The van der Waals surface area contributed by atoms with Gasteiger partial charge in [0.05, 0.1) is 42.1 Å². The molecule has 0 bridgehead atoms. The zero-order chi connectivity index (χ0) is 61.3. The molecule has 0 saturated heterocycles. The number of carboxylic acids is 2. The second kappa shape index (κ2) is 28.3. The third kappa shape index (κ3) is 17.1. The van der Waals surface area contributed by atoms with E-state index in [9.17, 15) is 37.1 Å². The van der Waals surface area contributed by atoms with Crippen molar-refractivity contribution < 1.29 is 47.4 Å². The van der Waals surface area contributed by atoms with Crippen molar-refractivity contribution in [1.82, 2.24) is 54.3 Å². The number of alkyl halides is 3. The van der Waals surface area contributed by atoms with Crippen molar-refractivity contribution in [2.45, 2.75) is 46.3 Å². The maximum absolute atomic E-state index is 13.6. The number of anilines is 4. The van der Waals surface area contributed by atoms with Gasteiger partial charge in [-0.15, -0.1) is 0 Å². The maximum atomic E-state index is 13.6. The van der Waals surface area contributed by atoms with E-state index in [2.05, 4.69) is 61.6 Å². The molecule has 0 spiro atoms. The Bertz CT molecular complexity index is 4050. The Labute approximate surface area is 490 Å². The Balaban J connectivity index is 0.000000207. The van der Waals surface area contributed by atoms with Gasteiger partial charge in [-0.1, -0.05) is 30.3 Å². The minimum Gasteiger partial charge on any atom is -0.480 e. The monoisotopic (exact) mass is 1160 g/mol. The average Bonchev–Trinajstić information content (AvgIpc) is 3.33. The number of nitrogens with zero attached hydrogens (tertiary/aromatic N) is 10. The van der Waals surface area contributed by atoms with Gasteiger partial charge in [0.25, 0.3) is 0 Å². The van der Waals surface area contributed by atoms with Crippen molar-refractivity contribution in [3.05, 3.63) is 227 Å². The molecule has 6 heterocycles.